The van der Waals surface area contributed by atoms with Gasteiger partial charge in [0.2, 0.25) is 10.1 Å². The second-order valence-corrected chi connectivity index (χ2v) is 7.75. The topological polar surface area (TPSA) is 76.3 Å². The fraction of sp³-hybridized carbons (Fsp3) is 0.364. The van der Waals surface area contributed by atoms with Crippen molar-refractivity contribution in [3.05, 3.63) is 22.1 Å². The van der Waals surface area contributed by atoms with Crippen molar-refractivity contribution in [2.75, 3.05) is 19.0 Å². The summed E-state index contributed by atoms with van der Waals surface area (Å²) in [6.07, 6.45) is 0.731. The van der Waals surface area contributed by atoms with Crippen LogP contribution in [0.5, 0.6) is 0 Å². The largest absolute Gasteiger partial charge is 0.353 e. The number of hydrogen-bond acceptors (Lipinski definition) is 9. The summed E-state index contributed by atoms with van der Waals surface area (Å²) in [5, 5.41) is 13.3. The third kappa shape index (κ3) is 2.92. The molecule has 0 saturated heterocycles. The molecular weight excluding hydrogens is 328 g/mol. The van der Waals surface area contributed by atoms with Crippen molar-refractivity contribution in [3.8, 4) is 0 Å². The predicted octanol–water partition coefficient (Wildman–Crippen LogP) is 1.78. The smallest absolute Gasteiger partial charge is 0.275 e. The number of anilines is 1. The summed E-state index contributed by atoms with van der Waals surface area (Å²) in [7, 11) is 3.84. The number of aromatic nitrogens is 5. The average Bonchev–Trinajstić information content (AvgIpc) is 3.05. The van der Waals surface area contributed by atoms with Crippen LogP contribution in [0, 0.1) is 0 Å². The van der Waals surface area contributed by atoms with Gasteiger partial charge in [-0.15, -0.1) is 15.3 Å². The van der Waals surface area contributed by atoms with Crippen LogP contribution in [0.15, 0.2) is 19.5 Å². The number of rotatable bonds is 4. The molecule has 110 valence electrons. The van der Waals surface area contributed by atoms with Gasteiger partial charge < -0.3 is 4.90 Å². The standard InChI is InChI=1S/C11H12N6OS3/c1-4-6-5-7(18)17-8(12-6)19-11(15-17)21-10-14-13-9(20-10)16(2)3/h5H,4H2,1-3H3. The van der Waals surface area contributed by atoms with Crippen molar-refractivity contribution in [2.45, 2.75) is 22.0 Å². The molecule has 0 aromatic carbocycles. The molecule has 3 aromatic heterocycles. The molecule has 0 atom stereocenters. The molecule has 0 aliphatic rings. The van der Waals surface area contributed by atoms with Crippen LogP contribution in [-0.2, 0) is 6.42 Å². The van der Waals surface area contributed by atoms with Crippen LogP contribution in [0.2, 0.25) is 0 Å². The van der Waals surface area contributed by atoms with E-state index in [9.17, 15) is 4.79 Å². The van der Waals surface area contributed by atoms with Gasteiger partial charge in [-0.3, -0.25) is 4.79 Å². The Hall–Kier alpha value is -1.52. The van der Waals surface area contributed by atoms with Crippen LogP contribution in [0.3, 0.4) is 0 Å². The Bertz CT molecular complexity index is 836. The minimum atomic E-state index is -0.147. The lowest BCUT2D eigenvalue weighted by Crippen LogP contribution is -2.14. The van der Waals surface area contributed by atoms with Gasteiger partial charge in [-0.2, -0.15) is 4.52 Å². The Morgan fingerprint density at radius 2 is 2.10 bits per heavy atom. The van der Waals surface area contributed by atoms with Gasteiger partial charge in [0, 0.05) is 25.9 Å². The zero-order valence-electron chi connectivity index (χ0n) is 11.6. The third-order valence-electron chi connectivity index (χ3n) is 2.59. The Kier molecular flexibility index (Phi) is 3.91. The molecule has 0 fully saturated rings. The molecule has 0 spiro atoms. The fourth-order valence-electron chi connectivity index (χ4n) is 1.56. The molecule has 0 aliphatic heterocycles. The predicted molar refractivity (Wildman–Crippen MR) is 84.9 cm³/mol. The van der Waals surface area contributed by atoms with Crippen LogP contribution in [0.4, 0.5) is 5.13 Å². The summed E-state index contributed by atoms with van der Waals surface area (Å²) < 4.78 is 2.86. The van der Waals surface area contributed by atoms with E-state index in [1.54, 1.807) is 0 Å². The van der Waals surface area contributed by atoms with Gasteiger partial charge in [0.15, 0.2) is 8.68 Å². The minimum Gasteiger partial charge on any atom is -0.353 e. The highest BCUT2D eigenvalue weighted by Crippen LogP contribution is 2.34. The monoisotopic (exact) mass is 340 g/mol. The van der Waals surface area contributed by atoms with Gasteiger partial charge in [-0.05, 0) is 18.2 Å². The number of fused-ring (bicyclic) bond motifs is 1. The fourth-order valence-corrected chi connectivity index (χ4v) is 4.49. The molecule has 3 rings (SSSR count). The zero-order chi connectivity index (χ0) is 15.0. The molecular formula is C11H12N6OS3. The molecule has 0 aliphatic carbocycles. The average molecular weight is 340 g/mol. The number of aryl methyl sites for hydroxylation is 1. The summed E-state index contributed by atoms with van der Waals surface area (Å²) in [5.41, 5.74) is 0.636. The maximum Gasteiger partial charge on any atom is 0.275 e. The maximum absolute atomic E-state index is 11.9. The molecule has 0 saturated carbocycles. The van der Waals surface area contributed by atoms with Crippen molar-refractivity contribution in [1.82, 2.24) is 24.8 Å². The minimum absolute atomic E-state index is 0.147. The highest BCUT2D eigenvalue weighted by Gasteiger charge is 2.13. The second-order valence-electron chi connectivity index (χ2n) is 4.35. The third-order valence-corrected chi connectivity index (χ3v) is 5.70. The van der Waals surface area contributed by atoms with Crippen LogP contribution < -0.4 is 10.5 Å². The van der Waals surface area contributed by atoms with Gasteiger partial charge in [-0.1, -0.05) is 29.6 Å². The van der Waals surface area contributed by atoms with Crippen LogP contribution in [-0.4, -0.2) is 38.9 Å². The Morgan fingerprint density at radius 3 is 2.76 bits per heavy atom. The number of nitrogens with zero attached hydrogens (tertiary/aromatic N) is 6. The molecule has 0 amide bonds. The van der Waals surface area contributed by atoms with E-state index in [0.717, 1.165) is 25.9 Å². The molecule has 0 unspecified atom stereocenters. The summed E-state index contributed by atoms with van der Waals surface area (Å²) in [6.45, 7) is 1.97. The van der Waals surface area contributed by atoms with Crippen molar-refractivity contribution < 1.29 is 0 Å². The second kappa shape index (κ2) is 5.70. The van der Waals surface area contributed by atoms with E-state index in [0.29, 0.717) is 4.96 Å². The zero-order valence-corrected chi connectivity index (χ0v) is 14.1. The normalized spacial score (nSPS) is 11.2. The Morgan fingerprint density at radius 1 is 1.29 bits per heavy atom. The lowest BCUT2D eigenvalue weighted by molar-refractivity contribution is 0.841. The molecule has 7 nitrogen and oxygen atoms in total. The van der Waals surface area contributed by atoms with E-state index in [1.807, 2.05) is 25.9 Å². The van der Waals surface area contributed by atoms with Gasteiger partial charge in [-0.25, -0.2) is 4.98 Å². The van der Waals surface area contributed by atoms with Crippen molar-refractivity contribution in [2.24, 2.45) is 0 Å². The Balaban J connectivity index is 1.93. The van der Waals surface area contributed by atoms with E-state index in [-0.39, 0.29) is 5.56 Å². The van der Waals surface area contributed by atoms with Gasteiger partial charge >= 0.3 is 0 Å². The molecule has 0 bridgehead atoms. The van der Waals surface area contributed by atoms with E-state index in [4.69, 9.17) is 0 Å². The highest BCUT2D eigenvalue weighted by molar-refractivity contribution is 8.02. The van der Waals surface area contributed by atoms with E-state index < -0.39 is 0 Å². The first kappa shape index (κ1) is 14.4. The van der Waals surface area contributed by atoms with Crippen LogP contribution >= 0.6 is 34.4 Å². The summed E-state index contributed by atoms with van der Waals surface area (Å²) in [6, 6.07) is 1.52. The van der Waals surface area contributed by atoms with Crippen LogP contribution in [0.25, 0.3) is 4.96 Å². The quantitative estimate of drug-likeness (QED) is 0.716. The first-order valence-corrected chi connectivity index (χ1v) is 8.60. The van der Waals surface area contributed by atoms with Crippen molar-refractivity contribution >= 4 is 44.5 Å². The molecule has 0 radical (unpaired) electrons. The van der Waals surface area contributed by atoms with E-state index in [2.05, 4.69) is 20.3 Å². The Labute approximate surface area is 132 Å². The molecule has 3 aromatic rings. The first-order valence-electron chi connectivity index (χ1n) is 6.15. The summed E-state index contributed by atoms with van der Waals surface area (Å²) >= 11 is 4.27. The highest BCUT2D eigenvalue weighted by atomic mass is 32.2. The summed E-state index contributed by atoms with van der Waals surface area (Å²) in [5.74, 6) is 0. The summed E-state index contributed by atoms with van der Waals surface area (Å²) in [4.78, 5) is 18.9. The van der Waals surface area contributed by atoms with E-state index >= 15 is 0 Å². The van der Waals surface area contributed by atoms with Crippen molar-refractivity contribution in [1.29, 1.82) is 0 Å². The van der Waals surface area contributed by atoms with Crippen LogP contribution in [0.1, 0.15) is 12.6 Å². The molecule has 10 heteroatoms. The maximum atomic E-state index is 11.9. The molecule has 21 heavy (non-hydrogen) atoms. The molecule has 3 heterocycles. The van der Waals surface area contributed by atoms with E-state index in [1.165, 1.54) is 45.0 Å². The van der Waals surface area contributed by atoms with Gasteiger partial charge in [0.25, 0.3) is 5.56 Å². The molecule has 0 N–H and O–H groups in total. The van der Waals surface area contributed by atoms with Gasteiger partial charge in [0.05, 0.1) is 0 Å². The van der Waals surface area contributed by atoms with Gasteiger partial charge in [0.1, 0.15) is 0 Å². The van der Waals surface area contributed by atoms with Crippen molar-refractivity contribution in [3.63, 3.8) is 0 Å². The first-order chi connectivity index (χ1) is 10.1. The lowest BCUT2D eigenvalue weighted by Gasteiger charge is -2.03. The SMILES string of the molecule is CCc1cc(=O)n2nc(Sc3nnc(N(C)C)s3)sc2n1. The lowest BCUT2D eigenvalue weighted by atomic mass is 10.3. The number of hydrogen-bond donors (Lipinski definition) is 0.